The molecule has 346 valence electrons. The van der Waals surface area contributed by atoms with Gasteiger partial charge in [0.05, 0.1) is 113 Å². The van der Waals surface area contributed by atoms with Gasteiger partial charge in [-0.05, 0) is 98.4 Å². The molecule has 0 aliphatic carbocycles. The van der Waals surface area contributed by atoms with Crippen molar-refractivity contribution in [3.8, 4) is 11.5 Å². The minimum absolute atomic E-state index is 0.0119. The molecule has 14 nitrogen and oxygen atoms in total. The Morgan fingerprint density at radius 3 is 1.76 bits per heavy atom. The van der Waals surface area contributed by atoms with Crippen LogP contribution in [0, 0.1) is 0 Å². The van der Waals surface area contributed by atoms with Crippen LogP contribution in [-0.4, -0.2) is 135 Å². The number of methoxy groups -OCH3 is 2. The predicted molar refractivity (Wildman–Crippen MR) is 254 cm³/mol. The third-order valence-corrected chi connectivity index (χ3v) is 11.4. The molecule has 0 saturated carbocycles. The average Bonchev–Trinajstić information content (AvgIpc) is 3.89. The lowest BCUT2D eigenvalue weighted by Gasteiger charge is -2.15. The van der Waals surface area contributed by atoms with E-state index in [-0.39, 0.29) is 19.3 Å². The first kappa shape index (κ1) is 49.7. The zero-order valence-corrected chi connectivity index (χ0v) is 38.9. The number of ether oxygens (including phenoxy) is 8. The summed E-state index contributed by atoms with van der Waals surface area (Å²) in [5, 5.41) is 0. The average molecular weight is 873 g/mol. The highest BCUT2D eigenvalue weighted by molar-refractivity contribution is 6.40. The van der Waals surface area contributed by atoms with Gasteiger partial charge in [-0.25, -0.2) is 4.99 Å². The fourth-order valence-electron chi connectivity index (χ4n) is 7.94. The molecule has 2 aromatic rings. The first-order valence-corrected chi connectivity index (χ1v) is 22.9. The lowest BCUT2D eigenvalue weighted by Crippen LogP contribution is -2.14. The summed E-state index contributed by atoms with van der Waals surface area (Å²) in [6.07, 6.45) is 13.5. The van der Waals surface area contributed by atoms with E-state index < -0.39 is 0 Å². The van der Waals surface area contributed by atoms with Gasteiger partial charge in [-0.15, -0.1) is 0 Å². The molecule has 6 bridgehead atoms. The van der Waals surface area contributed by atoms with Crippen LogP contribution < -0.4 is 15.2 Å². The van der Waals surface area contributed by atoms with E-state index in [2.05, 4.69) is 45.7 Å². The van der Waals surface area contributed by atoms with E-state index >= 15 is 0 Å². The normalized spacial score (nSPS) is 16.1. The molecular formula is C49H72N6O8. The monoisotopic (exact) mass is 873 g/mol. The summed E-state index contributed by atoms with van der Waals surface area (Å²) < 4.78 is 45.5. The Hall–Kier alpha value is -4.28. The number of hydrogen-bond acceptors (Lipinski definition) is 13. The first-order valence-electron chi connectivity index (χ1n) is 22.9. The van der Waals surface area contributed by atoms with Gasteiger partial charge in [0.25, 0.3) is 0 Å². The Morgan fingerprint density at radius 1 is 0.667 bits per heavy atom. The van der Waals surface area contributed by atoms with Gasteiger partial charge in [0.1, 0.15) is 13.2 Å². The summed E-state index contributed by atoms with van der Waals surface area (Å²) in [5.74, 6) is 1.03. The topological polar surface area (TPSA) is 165 Å². The van der Waals surface area contributed by atoms with Crippen molar-refractivity contribution in [1.29, 1.82) is 0 Å². The summed E-state index contributed by atoms with van der Waals surface area (Å²) >= 11 is 0. The fraction of sp³-hybridized carbons (Fsp3) is 0.592. The first-order chi connectivity index (χ1) is 30.9. The number of rotatable bonds is 28. The summed E-state index contributed by atoms with van der Waals surface area (Å²) in [6, 6.07) is 3.77. The highest BCUT2D eigenvalue weighted by Crippen LogP contribution is 2.41. The third-order valence-electron chi connectivity index (χ3n) is 11.4. The number of nitrogens with one attached hydrogen (secondary N) is 1. The molecule has 0 radical (unpaired) electrons. The third kappa shape index (κ3) is 14.4. The Labute approximate surface area is 375 Å². The Balaban J connectivity index is 1.54. The number of benzene rings is 1. The second kappa shape index (κ2) is 27.1. The molecule has 1 aromatic carbocycles. The molecule has 3 N–H and O–H groups in total. The molecule has 0 spiro atoms. The van der Waals surface area contributed by atoms with Gasteiger partial charge < -0.3 is 48.6 Å². The Bertz CT molecular complexity index is 1990. The standard InChI is InChI=1S/C49H72N6O8/c1-8-11-13-38-34(4)46-32-51-44-30-48(62-26-24-60-22-20-58-18-16-56-6)49(63-27-25-61-23-21-59-19-17-57-7)31-45(44)52-33-47-35(5)39(14-12-15-50)43(55-47)29-41-37(10-3)36(9-2)40(53-41)28-42(38)54-46/h29-33,42,53H,8-28,50H2,1-7H3. The molecule has 1 aromatic heterocycles. The molecule has 1 atom stereocenters. The fourth-order valence-corrected chi connectivity index (χ4v) is 7.94. The van der Waals surface area contributed by atoms with Gasteiger partial charge in [0.2, 0.25) is 0 Å². The van der Waals surface area contributed by atoms with E-state index in [1.165, 1.54) is 33.5 Å². The molecule has 3 aliphatic rings. The van der Waals surface area contributed by atoms with Crippen LogP contribution in [0.1, 0.15) is 89.2 Å². The van der Waals surface area contributed by atoms with Gasteiger partial charge in [-0.2, -0.15) is 0 Å². The summed E-state index contributed by atoms with van der Waals surface area (Å²) in [7, 11) is 3.30. The molecule has 14 heteroatoms. The number of allylic oxidation sites excluding steroid dienone is 3. The molecule has 3 aliphatic heterocycles. The highest BCUT2D eigenvalue weighted by Gasteiger charge is 2.28. The van der Waals surface area contributed by atoms with Crippen molar-refractivity contribution >= 4 is 41.3 Å². The van der Waals surface area contributed by atoms with Crippen molar-refractivity contribution in [2.45, 2.75) is 92.0 Å². The SMILES string of the molecule is CCCCC1=C(C)C2=NC1Cc1[nH]c(c(CC)c1CC)C=C1N=C(C=Nc3cc(OCCOCCOCCOC)c(OCCOCCOCCOC)cc3N=C2)C(C)=C1CCCN. The maximum Gasteiger partial charge on any atom is 0.163 e. The predicted octanol–water partition coefficient (Wildman–Crippen LogP) is 8.10. The second-order valence-corrected chi connectivity index (χ2v) is 15.6. The number of hydrogen-bond donors (Lipinski definition) is 2. The van der Waals surface area contributed by atoms with Crippen LogP contribution >= 0.6 is 0 Å². The van der Waals surface area contributed by atoms with Crippen molar-refractivity contribution in [3.63, 3.8) is 0 Å². The minimum Gasteiger partial charge on any atom is -0.487 e. The maximum absolute atomic E-state index is 6.35. The van der Waals surface area contributed by atoms with Crippen LogP contribution in [0.5, 0.6) is 11.5 Å². The highest BCUT2D eigenvalue weighted by atomic mass is 16.6. The van der Waals surface area contributed by atoms with Crippen LogP contribution in [-0.2, 0) is 47.7 Å². The van der Waals surface area contributed by atoms with Gasteiger partial charge in [-0.1, -0.05) is 27.2 Å². The molecule has 0 saturated heterocycles. The molecule has 0 amide bonds. The number of unbranched alkanes of at least 4 members (excludes halogenated alkanes) is 1. The van der Waals surface area contributed by atoms with Gasteiger partial charge in [0.15, 0.2) is 11.5 Å². The van der Waals surface area contributed by atoms with E-state index in [0.29, 0.717) is 95.5 Å². The van der Waals surface area contributed by atoms with E-state index in [1.807, 2.05) is 24.6 Å². The smallest absolute Gasteiger partial charge is 0.163 e. The lowest BCUT2D eigenvalue weighted by atomic mass is 9.93. The van der Waals surface area contributed by atoms with Crippen molar-refractivity contribution < 1.29 is 37.9 Å². The number of aliphatic imine (C=N–C) groups is 4. The number of aromatic nitrogens is 1. The molecule has 4 heterocycles. The maximum atomic E-state index is 6.35. The minimum atomic E-state index is 0.0119. The van der Waals surface area contributed by atoms with E-state index in [4.69, 9.17) is 63.6 Å². The molecule has 5 rings (SSSR count). The molecule has 0 fully saturated rings. The van der Waals surface area contributed by atoms with Crippen LogP contribution in [0.4, 0.5) is 11.4 Å². The quantitative estimate of drug-likeness (QED) is 0.0804. The van der Waals surface area contributed by atoms with Crippen molar-refractivity contribution in [2.75, 3.05) is 100 Å². The van der Waals surface area contributed by atoms with Crippen LogP contribution in [0.3, 0.4) is 0 Å². The van der Waals surface area contributed by atoms with Gasteiger partial charge in [-0.3, -0.25) is 15.0 Å². The van der Waals surface area contributed by atoms with Crippen LogP contribution in [0.2, 0.25) is 0 Å². The van der Waals surface area contributed by atoms with E-state index in [0.717, 1.165) is 79.8 Å². The van der Waals surface area contributed by atoms with E-state index in [1.54, 1.807) is 14.2 Å². The van der Waals surface area contributed by atoms with E-state index in [9.17, 15) is 0 Å². The Kier molecular flexibility index (Phi) is 21.4. The van der Waals surface area contributed by atoms with Crippen LogP contribution in [0.25, 0.3) is 6.08 Å². The van der Waals surface area contributed by atoms with Crippen molar-refractivity contribution in [1.82, 2.24) is 4.98 Å². The number of nitrogens with zero attached hydrogens (tertiary/aromatic N) is 4. The molecule has 1 unspecified atom stereocenters. The summed E-state index contributed by atoms with van der Waals surface area (Å²) in [5.41, 5.74) is 19.8. The van der Waals surface area contributed by atoms with Crippen molar-refractivity contribution in [2.24, 2.45) is 25.7 Å². The van der Waals surface area contributed by atoms with Gasteiger partial charge >= 0.3 is 0 Å². The zero-order chi connectivity index (χ0) is 44.8. The Morgan fingerprint density at radius 2 is 1.22 bits per heavy atom. The zero-order valence-electron chi connectivity index (χ0n) is 38.9. The van der Waals surface area contributed by atoms with Crippen LogP contribution in [0.15, 0.2) is 60.1 Å². The number of H-pyrrole nitrogens is 1. The number of aromatic amines is 1. The molecule has 63 heavy (non-hydrogen) atoms. The number of nitrogens with two attached hydrogens (primary N) is 1. The molecular weight excluding hydrogens is 801 g/mol. The number of fused-ring (bicyclic) bond motifs is 5. The second-order valence-electron chi connectivity index (χ2n) is 15.6. The summed E-state index contributed by atoms with van der Waals surface area (Å²) in [4.78, 5) is 24.7. The van der Waals surface area contributed by atoms with Gasteiger partial charge in [0, 0.05) is 44.2 Å². The summed E-state index contributed by atoms with van der Waals surface area (Å²) in [6.45, 7) is 16.8. The lowest BCUT2D eigenvalue weighted by molar-refractivity contribution is 0.0160. The van der Waals surface area contributed by atoms with Crippen molar-refractivity contribution in [3.05, 3.63) is 62.6 Å². The largest absolute Gasteiger partial charge is 0.487 e.